The molecule has 0 aromatic heterocycles. The van der Waals surface area contributed by atoms with Crippen LogP contribution in [-0.4, -0.2) is 32.9 Å². The van der Waals surface area contributed by atoms with Crippen molar-refractivity contribution in [3.05, 3.63) is 114 Å². The highest BCUT2D eigenvalue weighted by Gasteiger charge is 2.37. The molecular weight excluding hydrogens is 550 g/mol. The van der Waals surface area contributed by atoms with E-state index >= 15 is 0 Å². The van der Waals surface area contributed by atoms with E-state index in [1.165, 1.54) is 4.31 Å². The number of hydrogen-bond acceptors (Lipinski definition) is 5. The lowest BCUT2D eigenvalue weighted by Crippen LogP contribution is -2.48. The van der Waals surface area contributed by atoms with Gasteiger partial charge >= 0.3 is 0 Å². The van der Waals surface area contributed by atoms with Crippen LogP contribution in [0.15, 0.2) is 102 Å². The van der Waals surface area contributed by atoms with Gasteiger partial charge in [-0.05, 0) is 72.5 Å². The number of benzene rings is 4. The van der Waals surface area contributed by atoms with Crippen molar-refractivity contribution in [1.29, 1.82) is 0 Å². The average Bonchev–Trinajstić information content (AvgIpc) is 2.96. The molecule has 8 nitrogen and oxygen atoms in total. The van der Waals surface area contributed by atoms with Gasteiger partial charge in [0, 0.05) is 16.9 Å². The summed E-state index contributed by atoms with van der Waals surface area (Å²) in [6.45, 7) is 8.00. The molecule has 0 spiro atoms. The van der Waals surface area contributed by atoms with Crippen LogP contribution in [0.25, 0.3) is 0 Å². The fourth-order valence-corrected chi connectivity index (χ4v) is 6.10. The first-order valence-corrected chi connectivity index (χ1v) is 15.0. The number of rotatable bonds is 6. The van der Waals surface area contributed by atoms with Gasteiger partial charge < -0.3 is 15.4 Å². The molecule has 0 unspecified atom stereocenters. The molecule has 1 heterocycles. The molecule has 0 bridgehead atoms. The highest BCUT2D eigenvalue weighted by Crippen LogP contribution is 2.37. The Morgan fingerprint density at radius 2 is 1.48 bits per heavy atom. The molecule has 1 aliphatic heterocycles. The summed E-state index contributed by atoms with van der Waals surface area (Å²) >= 11 is 0. The van der Waals surface area contributed by atoms with Gasteiger partial charge in [-0.25, -0.2) is 8.42 Å². The Morgan fingerprint density at radius 3 is 2.14 bits per heavy atom. The Kier molecular flexibility index (Phi) is 7.79. The summed E-state index contributed by atoms with van der Waals surface area (Å²) in [7, 11) is -3.96. The van der Waals surface area contributed by atoms with Crippen LogP contribution in [0, 0.1) is 6.92 Å². The van der Waals surface area contributed by atoms with Crippen LogP contribution < -0.4 is 19.7 Å². The standard InChI is InChI=1S/C33H33N3O5S/c1-22-12-18-27(19-13-22)42(39,40)36-21-30(41-29-11-6-5-10-28(29)36)32(38)35-26-9-7-8-25(20-26)34-31(37)23-14-16-24(17-15-23)33(2,3)4/h5-20,30H,21H2,1-4H3,(H,34,37)(H,35,38)/t30-/m0/s1. The molecule has 0 saturated carbocycles. The van der Waals surface area contributed by atoms with E-state index in [1.807, 2.05) is 19.1 Å². The minimum atomic E-state index is -3.96. The van der Waals surface area contributed by atoms with E-state index in [9.17, 15) is 18.0 Å². The second kappa shape index (κ2) is 11.3. The lowest BCUT2D eigenvalue weighted by Gasteiger charge is -2.34. The highest BCUT2D eigenvalue weighted by molar-refractivity contribution is 7.92. The maximum Gasteiger partial charge on any atom is 0.267 e. The zero-order valence-corrected chi connectivity index (χ0v) is 24.7. The molecule has 1 atom stereocenters. The number of para-hydroxylation sites is 2. The van der Waals surface area contributed by atoms with Gasteiger partial charge in [-0.2, -0.15) is 0 Å². The van der Waals surface area contributed by atoms with Crippen molar-refractivity contribution in [3.63, 3.8) is 0 Å². The molecule has 4 aromatic carbocycles. The van der Waals surface area contributed by atoms with Gasteiger partial charge in [-0.3, -0.25) is 13.9 Å². The first-order chi connectivity index (χ1) is 19.9. The molecule has 4 aromatic rings. The third kappa shape index (κ3) is 6.16. The summed E-state index contributed by atoms with van der Waals surface area (Å²) in [5.41, 5.74) is 3.84. The molecule has 42 heavy (non-hydrogen) atoms. The van der Waals surface area contributed by atoms with E-state index < -0.39 is 22.0 Å². The van der Waals surface area contributed by atoms with Gasteiger partial charge in [-0.15, -0.1) is 0 Å². The number of nitrogens with zero attached hydrogens (tertiary/aromatic N) is 1. The quantitative estimate of drug-likeness (QED) is 0.284. The van der Waals surface area contributed by atoms with Crippen molar-refractivity contribution in [2.75, 3.05) is 21.5 Å². The van der Waals surface area contributed by atoms with Gasteiger partial charge in [-0.1, -0.05) is 68.8 Å². The predicted molar refractivity (Wildman–Crippen MR) is 165 cm³/mol. The van der Waals surface area contributed by atoms with E-state index in [-0.39, 0.29) is 28.5 Å². The predicted octanol–water partition coefficient (Wildman–Crippen LogP) is 6.14. The van der Waals surface area contributed by atoms with Crippen molar-refractivity contribution < 1.29 is 22.7 Å². The number of fused-ring (bicyclic) bond motifs is 1. The van der Waals surface area contributed by atoms with Crippen molar-refractivity contribution in [1.82, 2.24) is 0 Å². The van der Waals surface area contributed by atoms with Crippen molar-refractivity contribution >= 4 is 38.9 Å². The number of anilines is 3. The molecule has 2 N–H and O–H groups in total. The first-order valence-electron chi connectivity index (χ1n) is 13.6. The summed E-state index contributed by atoms with van der Waals surface area (Å²) in [6, 6.07) is 27.5. The molecule has 9 heteroatoms. The molecule has 0 radical (unpaired) electrons. The number of carbonyl (C=O) groups excluding carboxylic acids is 2. The number of amides is 2. The number of carbonyl (C=O) groups is 2. The van der Waals surface area contributed by atoms with Crippen molar-refractivity contribution in [2.24, 2.45) is 0 Å². The van der Waals surface area contributed by atoms with Gasteiger partial charge in [0.05, 0.1) is 17.1 Å². The van der Waals surface area contributed by atoms with Crippen molar-refractivity contribution in [3.8, 4) is 5.75 Å². The summed E-state index contributed by atoms with van der Waals surface area (Å²) in [6.07, 6.45) is -1.11. The summed E-state index contributed by atoms with van der Waals surface area (Å²) in [5, 5.41) is 5.67. The lowest BCUT2D eigenvalue weighted by atomic mass is 9.87. The van der Waals surface area contributed by atoms with E-state index in [0.29, 0.717) is 22.6 Å². The third-order valence-corrected chi connectivity index (χ3v) is 8.83. The molecule has 216 valence electrons. The van der Waals surface area contributed by atoms with Crippen LogP contribution in [0.3, 0.4) is 0 Å². The molecule has 0 saturated heterocycles. The minimum Gasteiger partial charge on any atom is -0.476 e. The van der Waals surface area contributed by atoms with Crippen LogP contribution >= 0.6 is 0 Å². The number of aryl methyl sites for hydroxylation is 1. The highest BCUT2D eigenvalue weighted by atomic mass is 32.2. The maximum absolute atomic E-state index is 13.6. The number of hydrogen-bond donors (Lipinski definition) is 2. The second-order valence-corrected chi connectivity index (χ2v) is 13.1. The zero-order chi connectivity index (χ0) is 30.1. The molecule has 0 aliphatic carbocycles. The summed E-state index contributed by atoms with van der Waals surface area (Å²) in [4.78, 5) is 26.3. The van der Waals surface area contributed by atoms with Gasteiger partial charge in [0.25, 0.3) is 21.8 Å². The molecule has 0 fully saturated rings. The van der Waals surface area contributed by atoms with Gasteiger partial charge in [0.2, 0.25) is 0 Å². The summed E-state index contributed by atoms with van der Waals surface area (Å²) < 4.78 is 34.4. The third-order valence-electron chi connectivity index (χ3n) is 7.04. The molecular formula is C33H33N3O5S. The Labute approximate surface area is 246 Å². The largest absolute Gasteiger partial charge is 0.476 e. The van der Waals surface area contributed by atoms with Crippen LogP contribution in [0.4, 0.5) is 17.1 Å². The second-order valence-electron chi connectivity index (χ2n) is 11.3. The van der Waals surface area contributed by atoms with Gasteiger partial charge in [0.1, 0.15) is 5.75 Å². The monoisotopic (exact) mass is 583 g/mol. The summed E-state index contributed by atoms with van der Waals surface area (Å²) in [5.74, 6) is -0.504. The Balaban J connectivity index is 1.32. The topological polar surface area (TPSA) is 105 Å². The Morgan fingerprint density at radius 1 is 0.833 bits per heavy atom. The SMILES string of the molecule is Cc1ccc(S(=O)(=O)N2C[C@@H](C(=O)Nc3cccc(NC(=O)c4ccc(C(C)(C)C)cc4)c3)Oc3ccccc32)cc1. The Bertz CT molecular complexity index is 1730. The fraction of sp³-hybridized carbons (Fsp3) is 0.212. The molecule has 5 rings (SSSR count). The minimum absolute atomic E-state index is 0.0203. The Hall–Kier alpha value is -4.63. The maximum atomic E-state index is 13.6. The van der Waals surface area contributed by atoms with Gasteiger partial charge in [0.15, 0.2) is 6.10 Å². The number of sulfonamides is 1. The van der Waals surface area contributed by atoms with E-state index in [1.54, 1.807) is 84.9 Å². The number of nitrogens with one attached hydrogen (secondary N) is 2. The van der Waals surface area contributed by atoms with Crippen LogP contribution in [-0.2, 0) is 20.2 Å². The number of ether oxygens (including phenoxy) is 1. The smallest absolute Gasteiger partial charge is 0.267 e. The average molecular weight is 584 g/mol. The first kappa shape index (κ1) is 28.9. The van der Waals surface area contributed by atoms with Crippen molar-refractivity contribution in [2.45, 2.75) is 44.1 Å². The van der Waals surface area contributed by atoms with Crippen LogP contribution in [0.5, 0.6) is 5.75 Å². The normalized spacial score (nSPS) is 14.9. The van der Waals surface area contributed by atoms with E-state index in [4.69, 9.17) is 4.74 Å². The van der Waals surface area contributed by atoms with E-state index in [2.05, 4.69) is 31.4 Å². The van der Waals surface area contributed by atoms with E-state index in [0.717, 1.165) is 11.1 Å². The lowest BCUT2D eigenvalue weighted by molar-refractivity contribution is -0.122. The zero-order valence-electron chi connectivity index (χ0n) is 23.9. The molecule has 2 amide bonds. The van der Waals surface area contributed by atoms with Crippen LogP contribution in [0.2, 0.25) is 0 Å². The fourth-order valence-electron chi connectivity index (χ4n) is 4.63. The van der Waals surface area contributed by atoms with Crippen LogP contribution in [0.1, 0.15) is 42.3 Å². The molecule has 1 aliphatic rings.